The Kier molecular flexibility index (Phi) is 5.61. The number of benzene rings is 1. The maximum absolute atomic E-state index is 12.7. The fourth-order valence-electron chi connectivity index (χ4n) is 4.29. The number of hydrogen-bond donors (Lipinski definition) is 2. The monoisotopic (exact) mass is 402 g/mol. The molecule has 9 heteroatoms. The molecule has 156 valence electrons. The lowest BCUT2D eigenvalue weighted by Gasteiger charge is -2.30. The van der Waals surface area contributed by atoms with E-state index >= 15 is 0 Å². The van der Waals surface area contributed by atoms with Gasteiger partial charge in [-0.2, -0.15) is 0 Å². The molecule has 4 amide bonds. The van der Waals surface area contributed by atoms with E-state index in [1.54, 1.807) is 24.0 Å². The molecular weight excluding hydrogens is 376 g/mol. The number of rotatable bonds is 5. The number of esters is 1. The van der Waals surface area contributed by atoms with E-state index in [9.17, 15) is 19.2 Å². The van der Waals surface area contributed by atoms with Crippen molar-refractivity contribution in [1.82, 2.24) is 15.1 Å². The van der Waals surface area contributed by atoms with Gasteiger partial charge in [0.05, 0.1) is 18.9 Å². The maximum Gasteiger partial charge on any atom is 0.326 e. The number of nitrogens with one attached hydrogen (secondary N) is 2. The fourth-order valence-corrected chi connectivity index (χ4v) is 4.29. The van der Waals surface area contributed by atoms with Crippen LogP contribution < -0.4 is 10.6 Å². The Labute approximate surface area is 169 Å². The van der Waals surface area contributed by atoms with Crippen LogP contribution in [0.15, 0.2) is 30.3 Å². The van der Waals surface area contributed by atoms with Crippen LogP contribution in [0.1, 0.15) is 13.8 Å². The molecule has 0 saturated carbocycles. The normalized spacial score (nSPS) is 28.3. The Morgan fingerprint density at radius 3 is 2.48 bits per heavy atom. The first kappa shape index (κ1) is 20.8. The number of likely N-dealkylation sites (tertiary alicyclic amines) is 1. The van der Waals surface area contributed by atoms with Crippen molar-refractivity contribution in [2.45, 2.75) is 25.4 Å². The number of carbonyl (C=O) groups is 4. The number of carbonyl (C=O) groups excluding carboxylic acids is 4. The summed E-state index contributed by atoms with van der Waals surface area (Å²) in [5.41, 5.74) is -0.684. The first-order valence-corrected chi connectivity index (χ1v) is 9.53. The molecule has 0 unspecified atom stereocenters. The van der Waals surface area contributed by atoms with Crippen molar-refractivity contribution in [2.24, 2.45) is 11.8 Å². The van der Waals surface area contributed by atoms with E-state index in [0.29, 0.717) is 12.2 Å². The Hall–Kier alpha value is -2.94. The molecule has 2 aliphatic rings. The van der Waals surface area contributed by atoms with E-state index in [2.05, 4.69) is 10.6 Å². The summed E-state index contributed by atoms with van der Waals surface area (Å²) in [5.74, 6) is -2.99. The first-order valence-electron chi connectivity index (χ1n) is 9.53. The van der Waals surface area contributed by atoms with Crippen LogP contribution >= 0.6 is 0 Å². The van der Waals surface area contributed by atoms with Gasteiger partial charge in [-0.05, 0) is 26.0 Å². The van der Waals surface area contributed by atoms with Crippen molar-refractivity contribution in [3.8, 4) is 0 Å². The summed E-state index contributed by atoms with van der Waals surface area (Å²) in [5, 5.41) is 5.94. The summed E-state index contributed by atoms with van der Waals surface area (Å²) in [6, 6.07) is 8.14. The van der Waals surface area contributed by atoms with Gasteiger partial charge in [-0.3, -0.25) is 24.6 Å². The number of hydrogen-bond acceptors (Lipinski definition) is 6. The predicted molar refractivity (Wildman–Crippen MR) is 105 cm³/mol. The second-order valence-electron chi connectivity index (χ2n) is 7.52. The summed E-state index contributed by atoms with van der Waals surface area (Å²) < 4.78 is 4.89. The number of urea groups is 1. The lowest BCUT2D eigenvalue weighted by atomic mass is 9.81. The van der Waals surface area contributed by atoms with Crippen LogP contribution in [0.3, 0.4) is 0 Å². The molecule has 2 saturated heterocycles. The Morgan fingerprint density at radius 1 is 1.24 bits per heavy atom. The van der Waals surface area contributed by atoms with E-state index in [1.165, 1.54) is 14.2 Å². The first-order chi connectivity index (χ1) is 13.7. The van der Waals surface area contributed by atoms with Crippen molar-refractivity contribution < 1.29 is 23.9 Å². The van der Waals surface area contributed by atoms with Gasteiger partial charge in [0.1, 0.15) is 5.54 Å². The van der Waals surface area contributed by atoms with Crippen LogP contribution in [-0.2, 0) is 19.1 Å². The minimum absolute atomic E-state index is 0.162. The van der Waals surface area contributed by atoms with E-state index in [4.69, 9.17) is 4.74 Å². The number of nitrogens with zero attached hydrogens (tertiary/aromatic N) is 2. The third-order valence-electron chi connectivity index (χ3n) is 5.83. The second-order valence-corrected chi connectivity index (χ2v) is 7.52. The van der Waals surface area contributed by atoms with Gasteiger partial charge < -0.3 is 15.0 Å². The summed E-state index contributed by atoms with van der Waals surface area (Å²) in [6.45, 7) is 3.95. The highest BCUT2D eigenvalue weighted by molar-refractivity contribution is 6.09. The van der Waals surface area contributed by atoms with Crippen LogP contribution in [0.5, 0.6) is 0 Å². The van der Waals surface area contributed by atoms with E-state index in [-0.39, 0.29) is 18.5 Å². The molecule has 1 aromatic carbocycles. The molecule has 0 radical (unpaired) electrons. The molecule has 0 aromatic heterocycles. The van der Waals surface area contributed by atoms with Crippen molar-refractivity contribution in [2.75, 3.05) is 32.6 Å². The van der Waals surface area contributed by atoms with Gasteiger partial charge in [0.15, 0.2) is 0 Å². The zero-order valence-corrected chi connectivity index (χ0v) is 17.0. The highest BCUT2D eigenvalue weighted by atomic mass is 16.5. The molecule has 29 heavy (non-hydrogen) atoms. The standard InChI is InChI=1S/C20H26N4O5/c1-5-24(19(28)21-12-9-7-6-8-10-12)11-13-14-15(17(26)23(3)16(14)25)20(2,22-13)18(27)29-4/h6-10,13-15,22H,5,11H2,1-4H3,(H,21,28)/t13-,14+,15-,20-/m1/s1. The third-order valence-corrected chi connectivity index (χ3v) is 5.83. The zero-order valence-electron chi connectivity index (χ0n) is 17.0. The largest absolute Gasteiger partial charge is 0.468 e. The van der Waals surface area contributed by atoms with Gasteiger partial charge in [0.2, 0.25) is 11.8 Å². The van der Waals surface area contributed by atoms with Crippen molar-refractivity contribution in [3.05, 3.63) is 30.3 Å². The molecule has 2 N–H and O–H groups in total. The third kappa shape index (κ3) is 3.46. The SMILES string of the molecule is CCN(C[C@H]1N[C@@](C)(C(=O)OC)[C@H]2C(=O)N(C)C(=O)[C@@H]12)C(=O)Nc1ccccc1. The summed E-state index contributed by atoms with van der Waals surface area (Å²) >= 11 is 0. The van der Waals surface area contributed by atoms with Crippen molar-refractivity contribution in [1.29, 1.82) is 0 Å². The number of methoxy groups -OCH3 is 1. The molecule has 0 spiro atoms. The predicted octanol–water partition coefficient (Wildman–Crippen LogP) is 0.675. The van der Waals surface area contributed by atoms with Crippen LogP contribution in [0.2, 0.25) is 0 Å². The average Bonchev–Trinajstić information content (AvgIpc) is 3.14. The number of likely N-dealkylation sites (N-methyl/N-ethyl adjacent to an activating group) is 1. The summed E-state index contributed by atoms with van der Waals surface area (Å²) in [6.07, 6.45) is 0. The smallest absolute Gasteiger partial charge is 0.326 e. The van der Waals surface area contributed by atoms with Crippen LogP contribution in [0, 0.1) is 11.8 Å². The van der Waals surface area contributed by atoms with Crippen molar-refractivity contribution in [3.63, 3.8) is 0 Å². The number of imide groups is 1. The minimum atomic E-state index is -1.34. The van der Waals surface area contributed by atoms with E-state index in [0.717, 1.165) is 4.90 Å². The highest BCUT2D eigenvalue weighted by Crippen LogP contribution is 2.43. The average molecular weight is 402 g/mol. The summed E-state index contributed by atoms with van der Waals surface area (Å²) in [4.78, 5) is 53.2. The Balaban J connectivity index is 1.83. The highest BCUT2D eigenvalue weighted by Gasteiger charge is 2.66. The Morgan fingerprint density at radius 2 is 1.90 bits per heavy atom. The molecule has 2 fully saturated rings. The quantitative estimate of drug-likeness (QED) is 0.554. The molecule has 1 aromatic rings. The molecule has 4 atom stereocenters. The topological polar surface area (TPSA) is 108 Å². The molecule has 0 aliphatic carbocycles. The van der Waals surface area contributed by atoms with Crippen LogP contribution in [0.4, 0.5) is 10.5 Å². The minimum Gasteiger partial charge on any atom is -0.468 e. The second kappa shape index (κ2) is 7.82. The van der Waals surface area contributed by atoms with Gasteiger partial charge >= 0.3 is 12.0 Å². The number of anilines is 1. The summed E-state index contributed by atoms with van der Waals surface area (Å²) in [7, 11) is 2.66. The molecule has 3 rings (SSSR count). The molecule has 2 heterocycles. The van der Waals surface area contributed by atoms with Crippen LogP contribution in [-0.4, -0.2) is 72.4 Å². The van der Waals surface area contributed by atoms with Crippen molar-refractivity contribution >= 4 is 29.5 Å². The number of fused-ring (bicyclic) bond motifs is 1. The lowest BCUT2D eigenvalue weighted by Crippen LogP contribution is -2.56. The maximum atomic E-state index is 12.7. The Bertz CT molecular complexity index is 829. The van der Waals surface area contributed by atoms with E-state index in [1.807, 2.05) is 25.1 Å². The number of amides is 4. The lowest BCUT2D eigenvalue weighted by molar-refractivity contribution is -0.152. The molecule has 9 nitrogen and oxygen atoms in total. The van der Waals surface area contributed by atoms with Gasteiger partial charge in [-0.1, -0.05) is 18.2 Å². The van der Waals surface area contributed by atoms with Gasteiger partial charge in [-0.15, -0.1) is 0 Å². The fraction of sp³-hybridized carbons (Fsp3) is 0.500. The van der Waals surface area contributed by atoms with Crippen LogP contribution in [0.25, 0.3) is 0 Å². The molecule has 2 aliphatic heterocycles. The zero-order chi connectivity index (χ0) is 21.3. The van der Waals surface area contributed by atoms with Gasteiger partial charge in [0, 0.05) is 31.9 Å². The van der Waals surface area contributed by atoms with E-state index < -0.39 is 35.3 Å². The number of para-hydroxylation sites is 1. The van der Waals surface area contributed by atoms with Gasteiger partial charge in [-0.25, -0.2) is 4.79 Å². The van der Waals surface area contributed by atoms with Gasteiger partial charge in [0.25, 0.3) is 0 Å². The molecule has 0 bridgehead atoms. The number of ether oxygens (including phenoxy) is 1. The molecular formula is C20H26N4O5.